The molecule has 1 heterocycles. The smallest absolute Gasteiger partial charge is 0.257 e. The summed E-state index contributed by atoms with van der Waals surface area (Å²) in [5.74, 6) is 0.376. The van der Waals surface area contributed by atoms with Crippen LogP contribution >= 0.6 is 11.6 Å². The van der Waals surface area contributed by atoms with Crippen molar-refractivity contribution >= 4 is 23.2 Å². The molecule has 19 heavy (non-hydrogen) atoms. The molecule has 0 spiro atoms. The second-order valence-corrected chi connectivity index (χ2v) is 5.35. The van der Waals surface area contributed by atoms with E-state index in [1.807, 2.05) is 0 Å². The molecule has 4 nitrogen and oxygen atoms in total. The molecular weight excluding hydrogens is 264 g/mol. The highest BCUT2D eigenvalue weighted by molar-refractivity contribution is 6.34. The van der Waals surface area contributed by atoms with E-state index in [4.69, 9.17) is 22.1 Å². The highest BCUT2D eigenvalue weighted by atomic mass is 35.5. The zero-order chi connectivity index (χ0) is 13.8. The van der Waals surface area contributed by atoms with Crippen molar-refractivity contribution in [3.8, 4) is 0 Å². The number of hydrogen-bond acceptors (Lipinski definition) is 3. The summed E-state index contributed by atoms with van der Waals surface area (Å²) in [5.41, 5.74) is 6.67. The number of rotatable bonds is 3. The van der Waals surface area contributed by atoms with Crippen molar-refractivity contribution in [2.75, 3.05) is 32.5 Å². The number of anilines is 1. The van der Waals surface area contributed by atoms with Crippen LogP contribution in [0.15, 0.2) is 18.2 Å². The Morgan fingerprint density at radius 1 is 1.47 bits per heavy atom. The predicted octanol–water partition coefficient (Wildman–Crippen LogP) is 2.42. The lowest BCUT2D eigenvalue weighted by atomic mass is 9.99. The molecule has 104 valence electrons. The zero-order valence-electron chi connectivity index (χ0n) is 11.1. The summed E-state index contributed by atoms with van der Waals surface area (Å²) in [6.45, 7) is 2.27. The molecule has 1 aliphatic rings. The third-order valence-electron chi connectivity index (χ3n) is 3.48. The van der Waals surface area contributed by atoms with Crippen LogP contribution in [0.5, 0.6) is 0 Å². The summed E-state index contributed by atoms with van der Waals surface area (Å²) in [5, 5.41) is 0.406. The van der Waals surface area contributed by atoms with Gasteiger partial charge in [-0.3, -0.25) is 4.79 Å². The van der Waals surface area contributed by atoms with Gasteiger partial charge in [0.2, 0.25) is 0 Å². The first-order chi connectivity index (χ1) is 9.09. The normalized spacial score (nSPS) is 16.3. The van der Waals surface area contributed by atoms with Crippen molar-refractivity contribution in [1.29, 1.82) is 0 Å². The van der Waals surface area contributed by atoms with Gasteiger partial charge in [-0.1, -0.05) is 17.7 Å². The van der Waals surface area contributed by atoms with E-state index in [1.165, 1.54) is 0 Å². The average Bonchev–Trinajstić information content (AvgIpc) is 2.39. The van der Waals surface area contributed by atoms with E-state index in [0.717, 1.165) is 26.1 Å². The molecular formula is C14H19ClN2O2. The van der Waals surface area contributed by atoms with Crippen LogP contribution < -0.4 is 5.73 Å². The van der Waals surface area contributed by atoms with Crippen molar-refractivity contribution in [3.05, 3.63) is 28.8 Å². The fourth-order valence-corrected chi connectivity index (χ4v) is 2.62. The van der Waals surface area contributed by atoms with E-state index < -0.39 is 0 Å². The predicted molar refractivity (Wildman–Crippen MR) is 76.4 cm³/mol. The monoisotopic (exact) mass is 282 g/mol. The van der Waals surface area contributed by atoms with E-state index in [9.17, 15) is 4.79 Å². The van der Waals surface area contributed by atoms with Crippen molar-refractivity contribution in [2.24, 2.45) is 5.92 Å². The molecule has 1 aromatic rings. The molecule has 1 saturated heterocycles. The SMILES string of the molecule is CN(CC1CCOCC1)C(=O)c1c(N)cccc1Cl. The Hall–Kier alpha value is -1.26. The van der Waals surface area contributed by atoms with Crippen LogP contribution in [0.25, 0.3) is 0 Å². The van der Waals surface area contributed by atoms with Crippen LogP contribution in [0.1, 0.15) is 23.2 Å². The van der Waals surface area contributed by atoms with Gasteiger partial charge in [-0.05, 0) is 30.9 Å². The number of halogens is 1. The van der Waals surface area contributed by atoms with Crippen molar-refractivity contribution in [1.82, 2.24) is 4.90 Å². The van der Waals surface area contributed by atoms with Crippen molar-refractivity contribution < 1.29 is 9.53 Å². The average molecular weight is 283 g/mol. The summed E-state index contributed by atoms with van der Waals surface area (Å²) >= 11 is 6.06. The van der Waals surface area contributed by atoms with Crippen LogP contribution in [0.4, 0.5) is 5.69 Å². The van der Waals surface area contributed by atoms with Crippen LogP contribution in [0, 0.1) is 5.92 Å². The lowest BCUT2D eigenvalue weighted by Gasteiger charge is -2.27. The van der Waals surface area contributed by atoms with Gasteiger partial charge in [0.1, 0.15) is 0 Å². The lowest BCUT2D eigenvalue weighted by Crippen LogP contribution is -2.34. The number of amides is 1. The highest BCUT2D eigenvalue weighted by Gasteiger charge is 2.22. The molecule has 2 rings (SSSR count). The summed E-state index contributed by atoms with van der Waals surface area (Å²) in [6, 6.07) is 5.13. The van der Waals surface area contributed by atoms with Gasteiger partial charge >= 0.3 is 0 Å². The number of nitrogen functional groups attached to an aromatic ring is 1. The maximum atomic E-state index is 12.4. The maximum Gasteiger partial charge on any atom is 0.257 e. The Morgan fingerprint density at radius 2 is 2.16 bits per heavy atom. The molecule has 0 aromatic heterocycles. The van der Waals surface area contributed by atoms with Gasteiger partial charge in [-0.15, -0.1) is 0 Å². The number of nitrogens with zero attached hydrogens (tertiary/aromatic N) is 1. The van der Waals surface area contributed by atoms with Crippen molar-refractivity contribution in [2.45, 2.75) is 12.8 Å². The van der Waals surface area contributed by atoms with E-state index in [-0.39, 0.29) is 5.91 Å². The van der Waals surface area contributed by atoms with Gasteiger partial charge in [0.15, 0.2) is 0 Å². The van der Waals surface area contributed by atoms with Gasteiger partial charge in [-0.2, -0.15) is 0 Å². The molecule has 5 heteroatoms. The number of hydrogen-bond donors (Lipinski definition) is 1. The number of nitrogens with two attached hydrogens (primary N) is 1. The maximum absolute atomic E-state index is 12.4. The van der Waals surface area contributed by atoms with Gasteiger partial charge in [0.05, 0.1) is 10.6 Å². The Balaban J connectivity index is 2.06. The Labute approximate surface area is 118 Å². The standard InChI is InChI=1S/C14H19ClN2O2/c1-17(9-10-5-7-19-8-6-10)14(18)13-11(15)3-2-4-12(13)16/h2-4,10H,5-9,16H2,1H3. The van der Waals surface area contributed by atoms with Gasteiger partial charge in [0, 0.05) is 32.5 Å². The molecule has 0 atom stereocenters. The summed E-state index contributed by atoms with van der Waals surface area (Å²) in [7, 11) is 1.79. The second kappa shape index (κ2) is 6.26. The van der Waals surface area contributed by atoms with Crippen LogP contribution in [-0.2, 0) is 4.74 Å². The van der Waals surface area contributed by atoms with Gasteiger partial charge in [-0.25, -0.2) is 0 Å². The number of carbonyl (C=O) groups is 1. The molecule has 0 unspecified atom stereocenters. The summed E-state index contributed by atoms with van der Waals surface area (Å²) in [6.07, 6.45) is 1.99. The quantitative estimate of drug-likeness (QED) is 0.866. The second-order valence-electron chi connectivity index (χ2n) is 4.95. The molecule has 1 aliphatic heterocycles. The minimum absolute atomic E-state index is 0.116. The zero-order valence-corrected chi connectivity index (χ0v) is 11.8. The molecule has 1 fully saturated rings. The molecule has 0 saturated carbocycles. The topological polar surface area (TPSA) is 55.6 Å². The fourth-order valence-electron chi connectivity index (χ4n) is 2.36. The Kier molecular flexibility index (Phi) is 4.66. The number of carbonyl (C=O) groups excluding carboxylic acids is 1. The van der Waals surface area contributed by atoms with E-state index in [0.29, 0.717) is 28.7 Å². The first kappa shape index (κ1) is 14.2. The van der Waals surface area contributed by atoms with Crippen LogP contribution in [0.2, 0.25) is 5.02 Å². The van der Waals surface area contributed by atoms with Crippen molar-refractivity contribution in [3.63, 3.8) is 0 Å². The fraction of sp³-hybridized carbons (Fsp3) is 0.500. The highest BCUT2D eigenvalue weighted by Crippen LogP contribution is 2.24. The summed E-state index contributed by atoms with van der Waals surface area (Å²) < 4.78 is 5.32. The Bertz CT molecular complexity index is 439. The van der Waals surface area contributed by atoms with Gasteiger partial charge in [0.25, 0.3) is 5.91 Å². The number of ether oxygens (including phenoxy) is 1. The van der Waals surface area contributed by atoms with Crippen LogP contribution in [-0.4, -0.2) is 37.6 Å². The lowest BCUT2D eigenvalue weighted by molar-refractivity contribution is 0.0498. The van der Waals surface area contributed by atoms with E-state index >= 15 is 0 Å². The van der Waals surface area contributed by atoms with Crippen LogP contribution in [0.3, 0.4) is 0 Å². The molecule has 2 N–H and O–H groups in total. The first-order valence-corrected chi connectivity index (χ1v) is 6.84. The molecule has 1 aromatic carbocycles. The van der Waals surface area contributed by atoms with E-state index in [1.54, 1.807) is 30.1 Å². The Morgan fingerprint density at radius 3 is 2.79 bits per heavy atom. The molecule has 1 amide bonds. The van der Waals surface area contributed by atoms with E-state index in [2.05, 4.69) is 0 Å². The first-order valence-electron chi connectivity index (χ1n) is 6.46. The molecule has 0 aliphatic carbocycles. The minimum atomic E-state index is -0.116. The summed E-state index contributed by atoms with van der Waals surface area (Å²) in [4.78, 5) is 14.1. The largest absolute Gasteiger partial charge is 0.398 e. The molecule has 0 bridgehead atoms. The number of benzene rings is 1. The minimum Gasteiger partial charge on any atom is -0.398 e. The van der Waals surface area contributed by atoms with Gasteiger partial charge < -0.3 is 15.4 Å². The third-order valence-corrected chi connectivity index (χ3v) is 3.79. The third kappa shape index (κ3) is 3.39. The molecule has 0 radical (unpaired) electrons.